The second kappa shape index (κ2) is 10.7. The summed E-state index contributed by atoms with van der Waals surface area (Å²) < 4.78 is 47.9. The van der Waals surface area contributed by atoms with Crippen molar-refractivity contribution in [3.05, 3.63) is 135 Å². The molecule has 2 saturated heterocycles. The summed E-state index contributed by atoms with van der Waals surface area (Å²) in [5.74, 6) is -4.52. The molecule has 2 N–H and O–H groups in total. The summed E-state index contributed by atoms with van der Waals surface area (Å²) >= 11 is 2.06. The standard InChI is InChI=1S/C34H24F3IN2O5/c35-34(36,37)21-13-11-20(12-14-21)29-33(23-17-22(38)15-16-24(23)39-32(33)44)25(30(41)42)27-31(43)45-28(19-9-5-2-6-10-19)26(40(27)29)18-7-3-1-4-8-18/h1-17,25-29H,(H,39,44)(H,41,42)/t25-,26-,27-,28+,29+,33-/m0/s1. The second-order valence-electron chi connectivity index (χ2n) is 11.4. The summed E-state index contributed by atoms with van der Waals surface area (Å²) in [7, 11) is 0. The summed E-state index contributed by atoms with van der Waals surface area (Å²) in [5, 5.41) is 13.7. The van der Waals surface area contributed by atoms with Crippen LogP contribution in [0.25, 0.3) is 0 Å². The van der Waals surface area contributed by atoms with Gasteiger partial charge in [-0.3, -0.25) is 19.3 Å². The summed E-state index contributed by atoms with van der Waals surface area (Å²) in [6, 6.07) is 24.1. The van der Waals surface area contributed by atoms with Crippen molar-refractivity contribution in [3.63, 3.8) is 0 Å². The van der Waals surface area contributed by atoms with E-state index in [0.29, 0.717) is 25.9 Å². The number of rotatable bonds is 4. The van der Waals surface area contributed by atoms with Gasteiger partial charge in [-0.05, 0) is 75.2 Å². The number of carbonyl (C=O) groups is 3. The van der Waals surface area contributed by atoms with Crippen LogP contribution in [0.5, 0.6) is 0 Å². The number of carbonyl (C=O) groups excluding carboxylic acids is 2. The smallest absolute Gasteiger partial charge is 0.416 e. The molecule has 6 atom stereocenters. The third-order valence-corrected chi connectivity index (χ3v) is 9.76. The van der Waals surface area contributed by atoms with Crippen molar-refractivity contribution >= 4 is 46.1 Å². The molecule has 3 heterocycles. The van der Waals surface area contributed by atoms with Gasteiger partial charge in [0, 0.05) is 9.26 Å². The first kappa shape index (κ1) is 29.5. The van der Waals surface area contributed by atoms with Gasteiger partial charge in [-0.25, -0.2) is 0 Å². The molecule has 2 fully saturated rings. The summed E-state index contributed by atoms with van der Waals surface area (Å²) in [5.41, 5.74) is -0.457. The quantitative estimate of drug-likeness (QED) is 0.181. The van der Waals surface area contributed by atoms with E-state index in [4.69, 9.17) is 4.74 Å². The molecule has 45 heavy (non-hydrogen) atoms. The number of esters is 1. The molecule has 7 nitrogen and oxygen atoms in total. The van der Waals surface area contributed by atoms with Gasteiger partial charge in [-0.1, -0.05) is 72.8 Å². The minimum absolute atomic E-state index is 0.265. The highest BCUT2D eigenvalue weighted by Gasteiger charge is 2.74. The van der Waals surface area contributed by atoms with Gasteiger partial charge in [0.05, 0.1) is 17.6 Å². The van der Waals surface area contributed by atoms with E-state index in [1.807, 2.05) is 24.3 Å². The molecule has 4 aromatic carbocycles. The van der Waals surface area contributed by atoms with Crippen LogP contribution < -0.4 is 5.32 Å². The Morgan fingerprint density at radius 3 is 2.07 bits per heavy atom. The molecule has 0 unspecified atom stereocenters. The van der Waals surface area contributed by atoms with Crippen molar-refractivity contribution in [2.75, 3.05) is 5.32 Å². The topological polar surface area (TPSA) is 95.9 Å². The van der Waals surface area contributed by atoms with E-state index in [-0.39, 0.29) is 5.56 Å². The third-order valence-electron chi connectivity index (χ3n) is 9.09. The third kappa shape index (κ3) is 4.46. The molecular weight excluding hydrogens is 700 g/mol. The average molecular weight is 724 g/mol. The van der Waals surface area contributed by atoms with Crippen molar-refractivity contribution in [2.45, 2.75) is 35.8 Å². The SMILES string of the molecule is O=C1O[C@H](c2ccccc2)[C@H](c2ccccc2)N2[C@H]1[C@@H](C(=O)O)[C@]1(C(=O)Nc3ccc(I)cc31)[C@H]2c1ccc(C(F)(F)F)cc1. The Bertz CT molecular complexity index is 1820. The van der Waals surface area contributed by atoms with Gasteiger partial charge in [0.2, 0.25) is 5.91 Å². The number of cyclic esters (lactones) is 1. The molecule has 1 amide bonds. The van der Waals surface area contributed by atoms with E-state index in [9.17, 15) is 32.7 Å². The molecule has 0 aliphatic carbocycles. The van der Waals surface area contributed by atoms with Crippen LogP contribution in [0.4, 0.5) is 18.9 Å². The van der Waals surface area contributed by atoms with Crippen molar-refractivity contribution in [2.24, 2.45) is 5.92 Å². The highest BCUT2D eigenvalue weighted by molar-refractivity contribution is 14.1. The molecule has 1 spiro atoms. The number of morpholine rings is 1. The molecule has 0 radical (unpaired) electrons. The lowest BCUT2D eigenvalue weighted by atomic mass is 9.65. The maximum atomic E-state index is 14.4. The van der Waals surface area contributed by atoms with Crippen LogP contribution in [0.1, 0.15) is 46.0 Å². The molecule has 0 bridgehead atoms. The predicted octanol–water partition coefficient (Wildman–Crippen LogP) is 6.67. The van der Waals surface area contributed by atoms with Gasteiger partial charge < -0.3 is 15.2 Å². The Labute approximate surface area is 269 Å². The van der Waals surface area contributed by atoms with Gasteiger partial charge in [0.1, 0.15) is 23.5 Å². The fourth-order valence-electron chi connectivity index (χ4n) is 7.40. The molecule has 4 aromatic rings. The van der Waals surface area contributed by atoms with Gasteiger partial charge in [-0.2, -0.15) is 13.2 Å². The number of hydrogen-bond acceptors (Lipinski definition) is 5. The molecule has 0 aromatic heterocycles. The number of benzene rings is 4. The number of carboxylic acid groups (broad SMARTS) is 1. The number of nitrogens with one attached hydrogen (secondary N) is 1. The van der Waals surface area contributed by atoms with Crippen LogP contribution in [-0.4, -0.2) is 33.9 Å². The van der Waals surface area contributed by atoms with Crippen molar-refractivity contribution in [1.82, 2.24) is 4.90 Å². The van der Waals surface area contributed by atoms with Gasteiger partial charge in [0.25, 0.3) is 0 Å². The minimum Gasteiger partial charge on any atom is -0.481 e. The molecule has 7 rings (SSSR count). The largest absolute Gasteiger partial charge is 0.481 e. The van der Waals surface area contributed by atoms with Crippen LogP contribution in [0, 0.1) is 9.49 Å². The molecule has 3 aliphatic rings. The minimum atomic E-state index is -4.62. The lowest BCUT2D eigenvalue weighted by Crippen LogP contribution is -2.52. The highest BCUT2D eigenvalue weighted by Crippen LogP contribution is 2.64. The van der Waals surface area contributed by atoms with Gasteiger partial charge in [0.15, 0.2) is 0 Å². The van der Waals surface area contributed by atoms with Crippen LogP contribution in [0.2, 0.25) is 0 Å². The Hall–Kier alpha value is -4.23. The van der Waals surface area contributed by atoms with E-state index in [1.165, 1.54) is 12.1 Å². The Morgan fingerprint density at radius 2 is 1.47 bits per heavy atom. The number of nitrogens with zero attached hydrogens (tertiary/aromatic N) is 1. The van der Waals surface area contributed by atoms with E-state index in [1.54, 1.807) is 59.5 Å². The van der Waals surface area contributed by atoms with Gasteiger partial charge in [-0.15, -0.1) is 0 Å². The number of alkyl halides is 3. The maximum absolute atomic E-state index is 14.4. The lowest BCUT2D eigenvalue weighted by molar-refractivity contribution is -0.179. The maximum Gasteiger partial charge on any atom is 0.416 e. The molecular formula is C34H24F3IN2O5. The van der Waals surface area contributed by atoms with Crippen LogP contribution in [0.3, 0.4) is 0 Å². The number of hydrogen-bond donors (Lipinski definition) is 2. The number of fused-ring (bicyclic) bond motifs is 3. The predicted molar refractivity (Wildman–Crippen MR) is 165 cm³/mol. The van der Waals surface area contributed by atoms with Crippen LogP contribution in [-0.2, 0) is 30.7 Å². The molecule has 0 saturated carbocycles. The van der Waals surface area contributed by atoms with Crippen molar-refractivity contribution in [1.29, 1.82) is 0 Å². The van der Waals surface area contributed by atoms with E-state index in [0.717, 1.165) is 12.1 Å². The first-order valence-electron chi connectivity index (χ1n) is 14.1. The van der Waals surface area contributed by atoms with E-state index in [2.05, 4.69) is 27.9 Å². The molecule has 228 valence electrons. The number of amides is 1. The van der Waals surface area contributed by atoms with Gasteiger partial charge >= 0.3 is 18.1 Å². The van der Waals surface area contributed by atoms with Crippen LogP contribution >= 0.6 is 22.6 Å². The lowest BCUT2D eigenvalue weighted by Gasteiger charge is -2.46. The number of aliphatic carboxylic acids is 1. The molecule has 3 aliphatic heterocycles. The fraction of sp³-hybridized carbons (Fsp3) is 0.206. The zero-order valence-corrected chi connectivity index (χ0v) is 25.4. The number of halogens is 4. The monoisotopic (exact) mass is 724 g/mol. The number of anilines is 1. The Balaban J connectivity index is 1.56. The van der Waals surface area contributed by atoms with E-state index >= 15 is 0 Å². The number of carboxylic acids is 1. The van der Waals surface area contributed by atoms with Crippen LogP contribution in [0.15, 0.2) is 103 Å². The van der Waals surface area contributed by atoms with Crippen molar-refractivity contribution < 1.29 is 37.4 Å². The van der Waals surface area contributed by atoms with E-state index < -0.39 is 65.1 Å². The zero-order valence-electron chi connectivity index (χ0n) is 23.2. The zero-order chi connectivity index (χ0) is 31.7. The second-order valence-corrected chi connectivity index (χ2v) is 12.6. The summed E-state index contributed by atoms with van der Waals surface area (Å²) in [6.45, 7) is 0. The average Bonchev–Trinajstić information content (AvgIpc) is 3.50. The molecule has 11 heteroatoms. The first-order valence-corrected chi connectivity index (χ1v) is 15.2. The highest BCUT2D eigenvalue weighted by atomic mass is 127. The van der Waals surface area contributed by atoms with Crippen molar-refractivity contribution in [3.8, 4) is 0 Å². The number of ether oxygens (including phenoxy) is 1. The normalized spacial score (nSPS) is 27.5. The Kier molecular flexibility index (Phi) is 7.00. The summed E-state index contributed by atoms with van der Waals surface area (Å²) in [4.78, 5) is 43.6. The summed E-state index contributed by atoms with van der Waals surface area (Å²) in [6.07, 6.45) is -5.54. The fourth-order valence-corrected chi connectivity index (χ4v) is 7.89. The Morgan fingerprint density at radius 1 is 0.844 bits per heavy atom. The first-order chi connectivity index (χ1) is 21.5.